The van der Waals surface area contributed by atoms with E-state index >= 15 is 0 Å². The average Bonchev–Trinajstić information content (AvgIpc) is 3.15. The van der Waals surface area contributed by atoms with Crippen molar-refractivity contribution in [3.05, 3.63) is 27.2 Å². The molecular weight excluding hydrogens is 318 g/mol. The highest BCUT2D eigenvalue weighted by molar-refractivity contribution is 7.38. The smallest absolute Gasteiger partial charge is 0.265 e. The van der Waals surface area contributed by atoms with Crippen LogP contribution in [0.5, 0.6) is 0 Å². The predicted molar refractivity (Wildman–Crippen MR) is 79.3 cm³/mol. The topological polar surface area (TPSA) is 74.8 Å². The molecule has 0 spiro atoms. The van der Waals surface area contributed by atoms with Crippen LogP contribution in [0.1, 0.15) is 22.4 Å². The molecule has 0 aliphatic rings. The van der Waals surface area contributed by atoms with Crippen LogP contribution < -0.4 is 0 Å². The highest BCUT2D eigenvalue weighted by Gasteiger charge is 2.23. The fourth-order valence-corrected chi connectivity index (χ4v) is 4.41. The second kappa shape index (κ2) is 5.47. The first-order chi connectivity index (χ1) is 9.70. The molecule has 9 heteroatoms. The molecule has 1 N–H and O–H groups in total. The molecule has 0 bridgehead atoms. The lowest BCUT2D eigenvalue weighted by Crippen LogP contribution is -2.30. The molecular formula is C11H10ClN5OS2. The Bertz CT molecular complexity index is 735. The largest absolute Gasteiger partial charge is 0.330 e. The van der Waals surface area contributed by atoms with E-state index in [4.69, 9.17) is 11.6 Å². The van der Waals surface area contributed by atoms with Gasteiger partial charge in [-0.25, -0.2) is 0 Å². The number of carbonyl (C=O) groups excluding carboxylic acids is 1. The van der Waals surface area contributed by atoms with E-state index in [0.717, 1.165) is 9.40 Å². The summed E-state index contributed by atoms with van der Waals surface area (Å²) in [6.07, 6.45) is 0. The van der Waals surface area contributed by atoms with E-state index in [1.165, 1.54) is 11.3 Å². The highest BCUT2D eigenvalue weighted by Crippen LogP contribution is 2.39. The van der Waals surface area contributed by atoms with E-state index in [9.17, 15) is 4.79 Å². The van der Waals surface area contributed by atoms with Crippen molar-refractivity contribution in [3.63, 3.8) is 0 Å². The summed E-state index contributed by atoms with van der Waals surface area (Å²) in [4.78, 5) is 14.8. The molecule has 0 aliphatic carbocycles. The normalized spacial score (nSPS) is 11.1. The maximum Gasteiger partial charge on any atom is 0.265 e. The molecule has 0 unspecified atom stereocenters. The van der Waals surface area contributed by atoms with E-state index < -0.39 is 0 Å². The van der Waals surface area contributed by atoms with E-state index in [2.05, 4.69) is 20.6 Å². The number of halogens is 1. The van der Waals surface area contributed by atoms with Crippen LogP contribution in [0.25, 0.3) is 9.40 Å². The molecule has 0 saturated carbocycles. The third-order valence-electron chi connectivity index (χ3n) is 2.84. The van der Waals surface area contributed by atoms with Crippen LogP contribution in [0.4, 0.5) is 0 Å². The Morgan fingerprint density at radius 2 is 2.40 bits per heavy atom. The van der Waals surface area contributed by atoms with Gasteiger partial charge in [-0.05, 0) is 18.4 Å². The van der Waals surface area contributed by atoms with Crippen molar-refractivity contribution in [3.8, 4) is 0 Å². The van der Waals surface area contributed by atoms with Crippen LogP contribution >= 0.6 is 34.3 Å². The first-order valence-corrected chi connectivity index (χ1v) is 7.95. The molecule has 0 atom stereocenters. The molecule has 1 amide bonds. The second-order valence-electron chi connectivity index (χ2n) is 4.01. The summed E-state index contributed by atoms with van der Waals surface area (Å²) in [6.45, 7) is 2.77. The number of rotatable bonds is 4. The van der Waals surface area contributed by atoms with Crippen molar-refractivity contribution in [2.45, 2.75) is 13.5 Å². The lowest BCUT2D eigenvalue weighted by atomic mass is 10.3. The number of hydrogen-bond donors (Lipinski definition) is 1. The first kappa shape index (κ1) is 13.5. The van der Waals surface area contributed by atoms with Crippen LogP contribution in [0.2, 0.25) is 5.02 Å². The SMILES string of the molecule is CCN(Cc1nn[nH]n1)C(=O)c1sc2sccc2c1Cl. The lowest BCUT2D eigenvalue weighted by Gasteiger charge is -2.18. The number of hydrogen-bond acceptors (Lipinski definition) is 6. The van der Waals surface area contributed by atoms with Gasteiger partial charge in [0, 0.05) is 11.9 Å². The van der Waals surface area contributed by atoms with Crippen LogP contribution in [-0.4, -0.2) is 38.0 Å². The summed E-state index contributed by atoms with van der Waals surface area (Å²) in [7, 11) is 0. The molecule has 3 rings (SSSR count). The van der Waals surface area contributed by atoms with Crippen molar-refractivity contribution in [1.29, 1.82) is 0 Å². The number of nitrogens with zero attached hydrogens (tertiary/aromatic N) is 4. The number of H-pyrrole nitrogens is 1. The number of thiophene rings is 2. The zero-order valence-corrected chi connectivity index (χ0v) is 12.8. The third-order valence-corrected chi connectivity index (χ3v) is 5.58. The summed E-state index contributed by atoms with van der Waals surface area (Å²) < 4.78 is 1.06. The average molecular weight is 328 g/mol. The van der Waals surface area contributed by atoms with Crippen molar-refractivity contribution >= 4 is 49.6 Å². The fourth-order valence-electron chi connectivity index (χ4n) is 1.83. The molecule has 0 saturated heterocycles. The van der Waals surface area contributed by atoms with Crippen LogP contribution in [0, 0.1) is 0 Å². The Hall–Kier alpha value is -1.51. The van der Waals surface area contributed by atoms with Gasteiger partial charge in [-0.15, -0.1) is 32.9 Å². The fraction of sp³-hybridized carbons (Fsp3) is 0.273. The lowest BCUT2D eigenvalue weighted by molar-refractivity contribution is 0.0753. The summed E-state index contributed by atoms with van der Waals surface area (Å²) in [6, 6.07) is 1.94. The zero-order chi connectivity index (χ0) is 14.1. The van der Waals surface area contributed by atoms with E-state index in [1.807, 2.05) is 18.4 Å². The second-order valence-corrected chi connectivity index (χ2v) is 6.59. The maximum absolute atomic E-state index is 12.6. The molecule has 0 radical (unpaired) electrons. The van der Waals surface area contributed by atoms with Gasteiger partial charge in [-0.1, -0.05) is 16.8 Å². The minimum atomic E-state index is -0.101. The Balaban J connectivity index is 1.89. The molecule has 6 nitrogen and oxygen atoms in total. The van der Waals surface area contributed by atoms with Gasteiger partial charge in [0.25, 0.3) is 5.91 Å². The molecule has 0 fully saturated rings. The van der Waals surface area contributed by atoms with Gasteiger partial charge in [0.1, 0.15) is 4.88 Å². The molecule has 0 aliphatic heterocycles. The Morgan fingerprint density at radius 1 is 1.55 bits per heavy atom. The Kier molecular flexibility index (Phi) is 3.68. The standard InChI is InChI=1S/C11H10ClN5OS2/c1-2-17(5-7-13-15-16-14-7)10(18)9-8(12)6-3-4-19-11(6)20-9/h3-4H,2,5H2,1H3,(H,13,14,15,16). The Labute approximate surface area is 127 Å². The predicted octanol–water partition coefficient (Wildman–Crippen LogP) is 2.79. The van der Waals surface area contributed by atoms with Crippen molar-refractivity contribution in [2.75, 3.05) is 6.54 Å². The van der Waals surface area contributed by atoms with Gasteiger partial charge in [0.05, 0.1) is 15.6 Å². The minimum absolute atomic E-state index is 0.101. The summed E-state index contributed by atoms with van der Waals surface area (Å²) in [5.74, 6) is 0.380. The highest BCUT2D eigenvalue weighted by atomic mass is 35.5. The van der Waals surface area contributed by atoms with Crippen molar-refractivity contribution in [2.24, 2.45) is 0 Å². The number of nitrogens with one attached hydrogen (secondary N) is 1. The van der Waals surface area contributed by atoms with Gasteiger partial charge in [0.15, 0.2) is 5.82 Å². The van der Waals surface area contributed by atoms with Gasteiger partial charge >= 0.3 is 0 Å². The molecule has 20 heavy (non-hydrogen) atoms. The van der Waals surface area contributed by atoms with Gasteiger partial charge in [0.2, 0.25) is 0 Å². The molecule has 3 heterocycles. The molecule has 3 aromatic rings. The van der Waals surface area contributed by atoms with E-state index in [0.29, 0.717) is 28.8 Å². The van der Waals surface area contributed by atoms with Gasteiger partial charge in [-0.3, -0.25) is 4.79 Å². The zero-order valence-electron chi connectivity index (χ0n) is 10.5. The monoisotopic (exact) mass is 327 g/mol. The Morgan fingerprint density at radius 3 is 3.05 bits per heavy atom. The minimum Gasteiger partial charge on any atom is -0.330 e. The van der Waals surface area contributed by atoms with E-state index in [1.54, 1.807) is 16.2 Å². The summed E-state index contributed by atoms with van der Waals surface area (Å²) in [5.41, 5.74) is 0. The number of carbonyl (C=O) groups is 1. The first-order valence-electron chi connectivity index (χ1n) is 5.87. The molecule has 0 aromatic carbocycles. The van der Waals surface area contributed by atoms with Crippen LogP contribution in [0.3, 0.4) is 0 Å². The number of fused-ring (bicyclic) bond motifs is 1. The van der Waals surface area contributed by atoms with Crippen LogP contribution in [0.15, 0.2) is 11.4 Å². The molecule has 104 valence electrons. The summed E-state index contributed by atoms with van der Waals surface area (Å²) >= 11 is 9.31. The number of tetrazole rings is 1. The van der Waals surface area contributed by atoms with Gasteiger partial charge in [-0.2, -0.15) is 5.21 Å². The van der Waals surface area contributed by atoms with Gasteiger partial charge < -0.3 is 4.90 Å². The number of amides is 1. The summed E-state index contributed by atoms with van der Waals surface area (Å²) in [5, 5.41) is 17.0. The number of aromatic amines is 1. The third kappa shape index (κ3) is 2.30. The van der Waals surface area contributed by atoms with E-state index in [-0.39, 0.29) is 5.91 Å². The van der Waals surface area contributed by atoms with Crippen LogP contribution in [-0.2, 0) is 6.54 Å². The van der Waals surface area contributed by atoms with Crippen molar-refractivity contribution < 1.29 is 4.79 Å². The molecule has 3 aromatic heterocycles. The quantitative estimate of drug-likeness (QED) is 0.799. The maximum atomic E-state index is 12.6. The van der Waals surface area contributed by atoms with Crippen molar-refractivity contribution in [1.82, 2.24) is 25.5 Å². The number of aromatic nitrogens is 4.